The van der Waals surface area contributed by atoms with Crippen LogP contribution in [0.4, 0.5) is 5.69 Å². The Hall–Kier alpha value is -1.33. The molecule has 5 nitrogen and oxygen atoms in total. The predicted molar refractivity (Wildman–Crippen MR) is 84.2 cm³/mol. The van der Waals surface area contributed by atoms with Crippen molar-refractivity contribution in [3.8, 4) is 0 Å². The van der Waals surface area contributed by atoms with Crippen molar-refractivity contribution in [3.05, 3.63) is 23.0 Å². The van der Waals surface area contributed by atoms with Crippen LogP contribution in [0.3, 0.4) is 0 Å². The molecule has 0 atom stereocenters. The van der Waals surface area contributed by atoms with Crippen LogP contribution in [0.1, 0.15) is 55.8 Å². The Morgan fingerprint density at radius 1 is 1.36 bits per heavy atom. The minimum absolute atomic E-state index is 0.0730. The van der Waals surface area contributed by atoms with Gasteiger partial charge in [0.25, 0.3) is 0 Å². The Morgan fingerprint density at radius 3 is 2.59 bits per heavy atom. The number of nitrogens with one attached hydrogen (secondary N) is 1. The number of ether oxygens (including phenoxy) is 1. The Balaban J connectivity index is 1.85. The Bertz CT molecular complexity index is 566. The minimum atomic E-state index is -0.483. The van der Waals surface area contributed by atoms with E-state index in [9.17, 15) is 9.90 Å². The lowest BCUT2D eigenvalue weighted by molar-refractivity contribution is -0.0580. The lowest BCUT2D eigenvalue weighted by Crippen LogP contribution is -2.53. The number of nitrogens with zero attached hydrogens (tertiary/aromatic N) is 1. The van der Waals surface area contributed by atoms with Crippen molar-refractivity contribution in [2.75, 3.05) is 11.9 Å². The van der Waals surface area contributed by atoms with Gasteiger partial charge in [0.2, 0.25) is 0 Å². The Morgan fingerprint density at radius 2 is 2.00 bits per heavy atom. The second-order valence-electron chi connectivity index (χ2n) is 6.40. The van der Waals surface area contributed by atoms with Gasteiger partial charge in [0.15, 0.2) is 0 Å². The summed E-state index contributed by atoms with van der Waals surface area (Å²) in [6.07, 6.45) is 6.54. The molecule has 1 aromatic rings. The zero-order chi connectivity index (χ0) is 15.8. The summed E-state index contributed by atoms with van der Waals surface area (Å²) in [5, 5.41) is 14.2. The van der Waals surface area contributed by atoms with E-state index < -0.39 is 11.6 Å². The third kappa shape index (κ3) is 2.92. The first-order chi connectivity index (χ1) is 10.5. The summed E-state index contributed by atoms with van der Waals surface area (Å²) in [5.74, 6) is -0.395. The molecule has 0 saturated heterocycles. The number of halogens is 1. The van der Waals surface area contributed by atoms with Gasteiger partial charge in [0, 0.05) is 11.7 Å². The van der Waals surface area contributed by atoms with Crippen molar-refractivity contribution < 1.29 is 14.6 Å². The molecule has 1 heterocycles. The van der Waals surface area contributed by atoms with Gasteiger partial charge < -0.3 is 15.2 Å². The molecule has 0 aromatic carbocycles. The number of aromatic nitrogens is 1. The molecule has 6 heteroatoms. The van der Waals surface area contributed by atoms with Crippen molar-refractivity contribution in [1.82, 2.24) is 4.98 Å². The molecular formula is C16H21ClN2O3. The average molecular weight is 325 g/mol. The maximum absolute atomic E-state index is 12.1. The van der Waals surface area contributed by atoms with Crippen molar-refractivity contribution in [2.24, 2.45) is 0 Å². The monoisotopic (exact) mass is 324 g/mol. The van der Waals surface area contributed by atoms with Crippen molar-refractivity contribution in [1.29, 1.82) is 0 Å². The van der Waals surface area contributed by atoms with Crippen molar-refractivity contribution in [2.45, 2.75) is 56.6 Å². The van der Waals surface area contributed by atoms with Gasteiger partial charge in [-0.25, -0.2) is 9.78 Å². The molecule has 1 aromatic heterocycles. The SMILES string of the molecule is CCOC(=O)c1cnc(Cl)cc1NC12CCC(O)(CC1)CC2. The third-order valence-corrected chi connectivity index (χ3v) is 5.18. The second-order valence-corrected chi connectivity index (χ2v) is 6.79. The number of fused-ring (bicyclic) bond motifs is 3. The highest BCUT2D eigenvalue weighted by molar-refractivity contribution is 6.29. The molecule has 0 radical (unpaired) electrons. The molecule has 0 amide bonds. The number of carbonyl (C=O) groups excluding carboxylic acids is 1. The number of carbonyl (C=O) groups is 1. The molecule has 3 aliphatic rings. The minimum Gasteiger partial charge on any atom is -0.462 e. The van der Waals surface area contributed by atoms with Gasteiger partial charge in [-0.1, -0.05) is 11.6 Å². The van der Waals surface area contributed by atoms with E-state index in [1.54, 1.807) is 13.0 Å². The maximum Gasteiger partial charge on any atom is 0.341 e. The summed E-state index contributed by atoms with van der Waals surface area (Å²) in [5.41, 5.74) is 0.525. The molecule has 0 aliphatic heterocycles. The van der Waals surface area contributed by atoms with Crippen LogP contribution >= 0.6 is 11.6 Å². The van der Waals surface area contributed by atoms with Crippen molar-refractivity contribution >= 4 is 23.3 Å². The lowest BCUT2D eigenvalue weighted by atomic mass is 9.63. The van der Waals surface area contributed by atoms with Crippen LogP contribution in [-0.2, 0) is 4.74 Å². The van der Waals surface area contributed by atoms with Gasteiger partial charge in [-0.2, -0.15) is 0 Å². The van der Waals surface area contributed by atoms with E-state index in [-0.39, 0.29) is 5.54 Å². The van der Waals surface area contributed by atoms with E-state index in [4.69, 9.17) is 16.3 Å². The first kappa shape index (κ1) is 15.6. The summed E-state index contributed by atoms with van der Waals surface area (Å²) in [4.78, 5) is 16.1. The highest BCUT2D eigenvalue weighted by Crippen LogP contribution is 2.48. The van der Waals surface area contributed by atoms with E-state index in [2.05, 4.69) is 10.3 Å². The molecule has 3 saturated carbocycles. The molecule has 3 fully saturated rings. The molecular weight excluding hydrogens is 304 g/mol. The lowest BCUT2D eigenvalue weighted by Gasteiger charge is -2.51. The van der Waals surface area contributed by atoms with E-state index >= 15 is 0 Å². The fourth-order valence-corrected chi connectivity index (χ4v) is 3.70. The number of esters is 1. The summed E-state index contributed by atoms with van der Waals surface area (Å²) >= 11 is 5.99. The highest BCUT2D eigenvalue weighted by Gasteiger charge is 2.47. The number of rotatable bonds is 4. The molecule has 2 bridgehead atoms. The van der Waals surface area contributed by atoms with Gasteiger partial charge in [-0.15, -0.1) is 0 Å². The van der Waals surface area contributed by atoms with E-state index in [0.717, 1.165) is 38.5 Å². The summed E-state index contributed by atoms with van der Waals surface area (Å²) in [6, 6.07) is 1.68. The summed E-state index contributed by atoms with van der Waals surface area (Å²) in [6.45, 7) is 2.09. The van der Waals surface area contributed by atoms with Crippen LogP contribution in [0.25, 0.3) is 0 Å². The van der Waals surface area contributed by atoms with Crippen LogP contribution < -0.4 is 5.32 Å². The quantitative estimate of drug-likeness (QED) is 0.657. The maximum atomic E-state index is 12.1. The Labute approximate surface area is 135 Å². The first-order valence-electron chi connectivity index (χ1n) is 7.79. The molecule has 120 valence electrons. The normalized spacial score (nSPS) is 30.1. The molecule has 0 spiro atoms. The molecule has 4 rings (SSSR count). The standard InChI is InChI=1S/C16H21ClN2O3/c1-2-22-14(20)11-10-18-13(17)9-12(11)19-15-3-6-16(21,7-4-15)8-5-15/h9-10,21H,2-8H2,1H3,(H,18,19). The van der Waals surface area contributed by atoms with Gasteiger partial charge in [-0.05, 0) is 51.5 Å². The number of hydrogen-bond acceptors (Lipinski definition) is 5. The zero-order valence-corrected chi connectivity index (χ0v) is 13.4. The summed E-state index contributed by atoms with van der Waals surface area (Å²) < 4.78 is 5.09. The Kier molecular flexibility index (Phi) is 4.03. The van der Waals surface area contributed by atoms with E-state index in [1.165, 1.54) is 6.20 Å². The van der Waals surface area contributed by atoms with Crippen LogP contribution in [0.2, 0.25) is 5.15 Å². The molecule has 2 N–H and O–H groups in total. The van der Waals surface area contributed by atoms with Gasteiger partial charge in [0.1, 0.15) is 10.7 Å². The average Bonchev–Trinajstić information content (AvgIpc) is 2.49. The number of aliphatic hydroxyl groups is 1. The van der Waals surface area contributed by atoms with E-state index in [0.29, 0.717) is 23.0 Å². The van der Waals surface area contributed by atoms with Crippen molar-refractivity contribution in [3.63, 3.8) is 0 Å². The van der Waals surface area contributed by atoms with Gasteiger partial charge in [0.05, 0.1) is 17.9 Å². The summed E-state index contributed by atoms with van der Waals surface area (Å²) in [7, 11) is 0. The highest BCUT2D eigenvalue weighted by atomic mass is 35.5. The third-order valence-electron chi connectivity index (χ3n) is 4.97. The first-order valence-corrected chi connectivity index (χ1v) is 8.16. The number of anilines is 1. The van der Waals surface area contributed by atoms with Crippen LogP contribution in [0.15, 0.2) is 12.3 Å². The second kappa shape index (κ2) is 5.70. The molecule has 3 aliphatic carbocycles. The van der Waals surface area contributed by atoms with Crippen LogP contribution in [0, 0.1) is 0 Å². The fourth-order valence-electron chi connectivity index (χ4n) is 3.54. The number of pyridine rings is 1. The van der Waals surface area contributed by atoms with Gasteiger partial charge in [-0.3, -0.25) is 0 Å². The van der Waals surface area contributed by atoms with Crippen LogP contribution in [0.5, 0.6) is 0 Å². The fraction of sp³-hybridized carbons (Fsp3) is 0.625. The van der Waals surface area contributed by atoms with Crippen LogP contribution in [-0.4, -0.2) is 33.8 Å². The van der Waals surface area contributed by atoms with Gasteiger partial charge >= 0.3 is 5.97 Å². The predicted octanol–water partition coefficient (Wildman–Crippen LogP) is 3.16. The zero-order valence-electron chi connectivity index (χ0n) is 12.7. The smallest absolute Gasteiger partial charge is 0.341 e. The topological polar surface area (TPSA) is 71.5 Å². The number of hydrogen-bond donors (Lipinski definition) is 2. The molecule has 22 heavy (non-hydrogen) atoms. The van der Waals surface area contributed by atoms with E-state index in [1.807, 2.05) is 0 Å². The largest absolute Gasteiger partial charge is 0.462 e. The molecule has 0 unspecified atom stereocenters.